The van der Waals surface area contributed by atoms with Crippen LogP contribution in [0.4, 0.5) is 0 Å². The second-order valence-electron chi connectivity index (χ2n) is 7.06. The molecule has 0 amide bonds. The van der Waals surface area contributed by atoms with Gasteiger partial charge in [0.15, 0.2) is 0 Å². The number of hydrogen-bond acceptors (Lipinski definition) is 3. The minimum atomic E-state index is -0.535. The molecule has 1 saturated heterocycles. The molecule has 0 aromatic heterocycles. The van der Waals surface area contributed by atoms with Crippen LogP contribution in [0.3, 0.4) is 0 Å². The van der Waals surface area contributed by atoms with Crippen molar-refractivity contribution in [1.82, 2.24) is 10.2 Å². The summed E-state index contributed by atoms with van der Waals surface area (Å²) in [5, 5.41) is 13.7. The van der Waals surface area contributed by atoms with Gasteiger partial charge in [-0.15, -0.1) is 0 Å². The van der Waals surface area contributed by atoms with E-state index in [1.807, 2.05) is 18.2 Å². The van der Waals surface area contributed by atoms with Crippen LogP contribution in [0.5, 0.6) is 0 Å². The number of piperidine rings is 1. The van der Waals surface area contributed by atoms with E-state index in [0.717, 1.165) is 18.0 Å². The summed E-state index contributed by atoms with van der Waals surface area (Å²) in [5.41, 5.74) is 0.592. The topological polar surface area (TPSA) is 39.1 Å². The summed E-state index contributed by atoms with van der Waals surface area (Å²) in [6, 6.07) is 14.2. The van der Waals surface area contributed by atoms with Gasteiger partial charge in [-0.1, -0.05) is 30.3 Å². The van der Waals surface area contributed by atoms with Gasteiger partial charge < -0.3 is 0 Å². The van der Waals surface area contributed by atoms with Crippen molar-refractivity contribution in [3.63, 3.8) is 0 Å². The molecule has 1 aromatic carbocycles. The Hall–Kier alpha value is -1.37. The minimum Gasteiger partial charge on any atom is -0.297 e. The second-order valence-corrected chi connectivity index (χ2v) is 7.06. The van der Waals surface area contributed by atoms with Gasteiger partial charge in [0, 0.05) is 25.2 Å². The van der Waals surface area contributed by atoms with E-state index >= 15 is 0 Å². The maximum Gasteiger partial charge on any atom is 0.145 e. The standard InChI is InChI=1S/C18H23N3/c19-12-18(20-16-7-8-16,15-4-2-1-3-5-15)13-21-11-14-6-9-17(21)10-14/h1-5,14,16-17,20H,6-11,13H2. The Balaban J connectivity index is 1.61. The molecule has 2 saturated carbocycles. The van der Waals surface area contributed by atoms with Gasteiger partial charge in [0.1, 0.15) is 5.54 Å². The lowest BCUT2D eigenvalue weighted by atomic mass is 9.89. The molecule has 1 aliphatic heterocycles. The Morgan fingerprint density at radius 2 is 2.00 bits per heavy atom. The third-order valence-corrected chi connectivity index (χ3v) is 5.45. The molecule has 3 atom stereocenters. The minimum absolute atomic E-state index is 0.532. The number of likely N-dealkylation sites (tertiary alicyclic amines) is 1. The molecule has 110 valence electrons. The van der Waals surface area contributed by atoms with Crippen molar-refractivity contribution in [2.24, 2.45) is 5.92 Å². The van der Waals surface area contributed by atoms with Crippen LogP contribution in [-0.2, 0) is 5.54 Å². The Bertz CT molecular complexity index is 545. The van der Waals surface area contributed by atoms with Crippen molar-refractivity contribution in [3.8, 4) is 6.07 Å². The molecule has 2 bridgehead atoms. The van der Waals surface area contributed by atoms with Crippen molar-refractivity contribution in [3.05, 3.63) is 35.9 Å². The van der Waals surface area contributed by atoms with Gasteiger partial charge >= 0.3 is 0 Å². The van der Waals surface area contributed by atoms with E-state index in [1.165, 1.54) is 38.6 Å². The third kappa shape index (κ3) is 2.47. The summed E-state index contributed by atoms with van der Waals surface area (Å²) < 4.78 is 0. The Morgan fingerprint density at radius 3 is 2.57 bits per heavy atom. The van der Waals surface area contributed by atoms with Crippen molar-refractivity contribution in [2.45, 2.75) is 49.7 Å². The first kappa shape index (κ1) is 13.3. The molecule has 3 nitrogen and oxygen atoms in total. The summed E-state index contributed by atoms with van der Waals surface area (Å²) in [6.07, 6.45) is 6.48. The molecule has 21 heavy (non-hydrogen) atoms. The highest BCUT2D eigenvalue weighted by molar-refractivity contribution is 5.33. The summed E-state index contributed by atoms with van der Waals surface area (Å²) in [6.45, 7) is 2.03. The lowest BCUT2D eigenvalue weighted by molar-refractivity contribution is 0.167. The molecule has 3 unspecified atom stereocenters. The first-order valence-corrected chi connectivity index (χ1v) is 8.27. The van der Waals surface area contributed by atoms with Gasteiger partial charge in [-0.25, -0.2) is 0 Å². The van der Waals surface area contributed by atoms with Crippen LogP contribution in [0.1, 0.15) is 37.7 Å². The van der Waals surface area contributed by atoms with E-state index in [2.05, 4.69) is 28.4 Å². The average molecular weight is 281 g/mol. The van der Waals surface area contributed by atoms with Crippen LogP contribution in [0, 0.1) is 17.2 Å². The number of benzene rings is 1. The van der Waals surface area contributed by atoms with Crippen LogP contribution >= 0.6 is 0 Å². The predicted molar refractivity (Wildman–Crippen MR) is 82.6 cm³/mol. The van der Waals surface area contributed by atoms with Crippen LogP contribution < -0.4 is 5.32 Å². The Morgan fingerprint density at radius 1 is 1.19 bits per heavy atom. The number of hydrogen-bond donors (Lipinski definition) is 1. The number of nitrogens with zero attached hydrogens (tertiary/aromatic N) is 2. The van der Waals surface area contributed by atoms with Crippen LogP contribution in [0.15, 0.2) is 30.3 Å². The van der Waals surface area contributed by atoms with E-state index in [1.54, 1.807) is 0 Å². The molecule has 0 spiro atoms. The lowest BCUT2D eigenvalue weighted by Crippen LogP contribution is -2.52. The number of rotatable bonds is 5. The molecular weight excluding hydrogens is 258 g/mol. The van der Waals surface area contributed by atoms with Gasteiger partial charge in [0.25, 0.3) is 0 Å². The maximum atomic E-state index is 10.00. The highest BCUT2D eigenvalue weighted by Crippen LogP contribution is 2.39. The highest BCUT2D eigenvalue weighted by atomic mass is 15.2. The maximum absolute atomic E-state index is 10.00. The van der Waals surface area contributed by atoms with Crippen LogP contribution in [-0.4, -0.2) is 30.1 Å². The van der Waals surface area contributed by atoms with E-state index in [-0.39, 0.29) is 0 Å². The molecule has 4 rings (SSSR count). The summed E-state index contributed by atoms with van der Waals surface area (Å²) >= 11 is 0. The quantitative estimate of drug-likeness (QED) is 0.902. The van der Waals surface area contributed by atoms with Gasteiger partial charge in [0.05, 0.1) is 6.07 Å². The predicted octanol–water partition coefficient (Wildman–Crippen LogP) is 2.64. The molecule has 1 N–H and O–H groups in total. The van der Waals surface area contributed by atoms with Crippen molar-refractivity contribution >= 4 is 0 Å². The fourth-order valence-corrected chi connectivity index (χ4v) is 4.18. The van der Waals surface area contributed by atoms with Crippen LogP contribution in [0.2, 0.25) is 0 Å². The second kappa shape index (κ2) is 5.12. The molecular formula is C18H23N3. The van der Waals surface area contributed by atoms with E-state index in [0.29, 0.717) is 12.1 Å². The monoisotopic (exact) mass is 281 g/mol. The number of nitrogens with one attached hydrogen (secondary N) is 1. The fourth-order valence-electron chi connectivity index (χ4n) is 4.18. The van der Waals surface area contributed by atoms with E-state index in [9.17, 15) is 5.26 Å². The fraction of sp³-hybridized carbons (Fsp3) is 0.611. The summed E-state index contributed by atoms with van der Waals surface area (Å²) in [4.78, 5) is 2.57. The number of nitriles is 1. The van der Waals surface area contributed by atoms with E-state index in [4.69, 9.17) is 0 Å². The Kier molecular flexibility index (Phi) is 3.24. The van der Waals surface area contributed by atoms with Crippen molar-refractivity contribution < 1.29 is 0 Å². The molecule has 0 radical (unpaired) electrons. The third-order valence-electron chi connectivity index (χ3n) is 5.45. The highest BCUT2D eigenvalue weighted by Gasteiger charge is 2.45. The first-order chi connectivity index (χ1) is 10.3. The molecule has 2 aliphatic carbocycles. The molecule has 3 heteroatoms. The van der Waals surface area contributed by atoms with E-state index < -0.39 is 5.54 Å². The zero-order chi connectivity index (χ0) is 14.3. The zero-order valence-corrected chi connectivity index (χ0v) is 12.5. The SMILES string of the molecule is N#CC(CN1CC2CCC1C2)(NC1CC1)c1ccccc1. The van der Waals surface area contributed by atoms with Gasteiger partial charge in [0.2, 0.25) is 0 Å². The first-order valence-electron chi connectivity index (χ1n) is 8.27. The molecule has 1 aromatic rings. The Labute approximate surface area is 126 Å². The van der Waals surface area contributed by atoms with Gasteiger partial charge in [-0.05, 0) is 43.6 Å². The molecule has 3 fully saturated rings. The normalized spacial score (nSPS) is 31.0. The van der Waals surface area contributed by atoms with Gasteiger partial charge in [-0.2, -0.15) is 5.26 Å². The molecule has 3 aliphatic rings. The summed E-state index contributed by atoms with van der Waals surface area (Å²) in [5.74, 6) is 0.878. The average Bonchev–Trinajstić information content (AvgIpc) is 3.09. The largest absolute Gasteiger partial charge is 0.297 e. The lowest BCUT2D eigenvalue weighted by Gasteiger charge is -2.36. The number of fused-ring (bicyclic) bond motifs is 2. The van der Waals surface area contributed by atoms with Crippen LogP contribution in [0.25, 0.3) is 0 Å². The smallest absolute Gasteiger partial charge is 0.145 e. The van der Waals surface area contributed by atoms with Crippen molar-refractivity contribution in [2.75, 3.05) is 13.1 Å². The van der Waals surface area contributed by atoms with Crippen molar-refractivity contribution in [1.29, 1.82) is 5.26 Å². The zero-order valence-electron chi connectivity index (χ0n) is 12.5. The van der Waals surface area contributed by atoms with Gasteiger partial charge in [-0.3, -0.25) is 10.2 Å². The summed E-state index contributed by atoms with van der Waals surface area (Å²) in [7, 11) is 0. The molecule has 1 heterocycles.